The first kappa shape index (κ1) is 45.0. The lowest BCUT2D eigenvalue weighted by molar-refractivity contribution is -0.131. The molecule has 46 heavy (non-hydrogen) atoms. The molecule has 0 aromatic carbocycles. The maximum Gasteiger partial charge on any atom is 0.249 e. The largest absolute Gasteiger partial charge is 0.394 e. The van der Waals surface area contributed by atoms with Crippen molar-refractivity contribution in [1.82, 2.24) is 21.3 Å². The summed E-state index contributed by atoms with van der Waals surface area (Å²) in [6, 6.07) is 0. The normalized spacial score (nSPS) is 13.2. The first-order valence-corrected chi connectivity index (χ1v) is 14.8. The molecule has 0 saturated heterocycles. The molecular formula is C28H56N8O10. The van der Waals surface area contributed by atoms with E-state index in [2.05, 4.69) is 41.7 Å². The number of carbonyl (C=O) groups is 4. The van der Waals surface area contributed by atoms with E-state index in [1.54, 1.807) is 27.7 Å². The molecule has 0 fully saturated rings. The van der Waals surface area contributed by atoms with Gasteiger partial charge in [0.1, 0.15) is 11.1 Å². The fraction of sp³-hybridized carbons (Fsp3) is 0.857. The van der Waals surface area contributed by atoms with E-state index >= 15 is 0 Å². The Balaban J connectivity index is 0. The van der Waals surface area contributed by atoms with Gasteiger partial charge in [-0.2, -0.15) is 20.5 Å². The number of nitrogens with one attached hydrogen (secondary N) is 4. The highest BCUT2D eigenvalue weighted by Gasteiger charge is 2.40. The highest BCUT2D eigenvalue weighted by atomic mass is 16.3. The fourth-order valence-corrected chi connectivity index (χ4v) is 2.76. The van der Waals surface area contributed by atoms with E-state index in [0.717, 1.165) is 0 Å². The van der Waals surface area contributed by atoms with Crippen molar-refractivity contribution in [3.63, 3.8) is 0 Å². The molecule has 0 bridgehead atoms. The molecule has 0 unspecified atom stereocenters. The van der Waals surface area contributed by atoms with Gasteiger partial charge in [0.2, 0.25) is 23.6 Å². The fourth-order valence-electron chi connectivity index (χ4n) is 2.76. The highest BCUT2D eigenvalue weighted by Crippen LogP contribution is 2.19. The number of amides is 4. The molecule has 0 saturated carbocycles. The van der Waals surface area contributed by atoms with Crippen LogP contribution in [0.25, 0.3) is 0 Å². The van der Waals surface area contributed by atoms with Crippen LogP contribution >= 0.6 is 0 Å². The Kier molecular flexibility index (Phi) is 18.4. The topological polar surface area (TPSA) is 287 Å². The summed E-state index contributed by atoms with van der Waals surface area (Å²) in [5.41, 5.74) is -8.27. The van der Waals surface area contributed by atoms with Crippen molar-refractivity contribution in [3.05, 3.63) is 0 Å². The number of hydrogen-bond acceptors (Lipinski definition) is 14. The lowest BCUT2D eigenvalue weighted by Crippen LogP contribution is -2.61. The Morgan fingerprint density at radius 2 is 0.630 bits per heavy atom. The minimum absolute atomic E-state index is 0.208. The van der Waals surface area contributed by atoms with Crippen LogP contribution < -0.4 is 21.3 Å². The van der Waals surface area contributed by atoms with Crippen molar-refractivity contribution < 1.29 is 49.8 Å². The number of carbonyl (C=O) groups excluding carboxylic acids is 4. The van der Waals surface area contributed by atoms with Crippen LogP contribution in [0.1, 0.15) is 69.2 Å². The maximum atomic E-state index is 12.4. The number of rotatable bonds is 18. The number of hydrogen-bond donors (Lipinski definition) is 10. The third-order valence-electron chi connectivity index (χ3n) is 6.57. The standard InChI is InChI=1S/C16H32N4O8.C12H24N4O2/c1-13(2,11(27)17-15(5-21,6-22)7-23)19-20-14(3,4)12(28)18-16(8-24,9-25)10-26;1-7-13-9(17)11(3,4)15-16-12(5,6)10(18)14-8-2/h21-26H,5-10H2,1-4H3,(H,17,27)(H,18,28);7-8H2,1-6H3,(H,13,17)(H,14,18). The Morgan fingerprint density at radius 3 is 0.804 bits per heavy atom. The van der Waals surface area contributed by atoms with E-state index < -0.39 is 84.7 Å². The quantitative estimate of drug-likeness (QED) is 0.0714. The van der Waals surface area contributed by atoms with Gasteiger partial charge >= 0.3 is 0 Å². The molecule has 0 rings (SSSR count). The summed E-state index contributed by atoms with van der Waals surface area (Å²) in [5.74, 6) is -1.94. The van der Waals surface area contributed by atoms with Crippen LogP contribution in [0.15, 0.2) is 20.5 Å². The van der Waals surface area contributed by atoms with Crippen LogP contribution in [0.4, 0.5) is 0 Å². The summed E-state index contributed by atoms with van der Waals surface area (Å²) in [4.78, 5) is 48.3. The van der Waals surface area contributed by atoms with Crippen molar-refractivity contribution in [2.75, 3.05) is 52.7 Å². The van der Waals surface area contributed by atoms with Crippen LogP contribution in [-0.2, 0) is 19.2 Å². The minimum Gasteiger partial charge on any atom is -0.394 e. The van der Waals surface area contributed by atoms with Crippen molar-refractivity contribution in [3.8, 4) is 0 Å². The summed E-state index contributed by atoms with van der Waals surface area (Å²) >= 11 is 0. The average molecular weight is 665 g/mol. The number of likely N-dealkylation sites (N-methyl/N-ethyl adjacent to an activating group) is 2. The summed E-state index contributed by atoms with van der Waals surface area (Å²) in [7, 11) is 0. The average Bonchev–Trinajstić information content (AvgIpc) is 3.01. The van der Waals surface area contributed by atoms with Gasteiger partial charge in [-0.15, -0.1) is 0 Å². The number of aliphatic hydroxyl groups is 6. The zero-order valence-electron chi connectivity index (χ0n) is 28.8. The Hall–Kier alpha value is -3.16. The van der Waals surface area contributed by atoms with E-state index in [1.807, 2.05) is 13.8 Å². The molecule has 0 aliphatic carbocycles. The molecule has 4 amide bonds. The summed E-state index contributed by atoms with van der Waals surface area (Å²) in [5, 5.41) is 81.5. The first-order valence-electron chi connectivity index (χ1n) is 14.8. The first-order chi connectivity index (χ1) is 21.0. The van der Waals surface area contributed by atoms with Crippen LogP contribution in [0.2, 0.25) is 0 Å². The van der Waals surface area contributed by atoms with Crippen molar-refractivity contribution in [1.29, 1.82) is 0 Å². The third-order valence-corrected chi connectivity index (χ3v) is 6.57. The lowest BCUT2D eigenvalue weighted by atomic mass is 9.98. The van der Waals surface area contributed by atoms with Gasteiger partial charge in [-0.05, 0) is 69.2 Å². The molecule has 18 heteroatoms. The molecule has 0 spiro atoms. The summed E-state index contributed by atoms with van der Waals surface area (Å²) in [6.45, 7) is 12.6. The van der Waals surface area contributed by atoms with Gasteiger partial charge in [0, 0.05) is 13.1 Å². The molecule has 10 N–H and O–H groups in total. The SMILES string of the molecule is CC(C)(N=NC(C)(C)C(=O)NC(CO)(CO)CO)C(=O)NC(CO)(CO)CO.CCNC(=O)C(C)(C)N=NC(C)(C)C(=O)NCC. The molecule has 0 atom stereocenters. The second kappa shape index (κ2) is 18.9. The van der Waals surface area contributed by atoms with Gasteiger partial charge in [0.25, 0.3) is 0 Å². The van der Waals surface area contributed by atoms with Crippen molar-refractivity contribution >= 4 is 23.6 Å². The maximum absolute atomic E-state index is 12.4. The zero-order chi connectivity index (χ0) is 36.6. The predicted molar refractivity (Wildman–Crippen MR) is 168 cm³/mol. The molecule has 0 radical (unpaired) electrons. The lowest BCUT2D eigenvalue weighted by Gasteiger charge is -2.33. The van der Waals surface area contributed by atoms with E-state index in [4.69, 9.17) is 0 Å². The highest BCUT2D eigenvalue weighted by molar-refractivity contribution is 5.88. The molecule has 0 aliphatic rings. The van der Waals surface area contributed by atoms with E-state index in [0.29, 0.717) is 13.1 Å². The van der Waals surface area contributed by atoms with Crippen LogP contribution in [0, 0.1) is 0 Å². The van der Waals surface area contributed by atoms with Crippen molar-refractivity contribution in [2.24, 2.45) is 20.5 Å². The summed E-state index contributed by atoms with van der Waals surface area (Å²) in [6.07, 6.45) is 0. The summed E-state index contributed by atoms with van der Waals surface area (Å²) < 4.78 is 0. The van der Waals surface area contributed by atoms with Gasteiger partial charge in [0.15, 0.2) is 22.2 Å². The van der Waals surface area contributed by atoms with Gasteiger partial charge in [-0.3, -0.25) is 19.2 Å². The van der Waals surface area contributed by atoms with Gasteiger partial charge in [-0.25, -0.2) is 0 Å². The molecular weight excluding hydrogens is 608 g/mol. The molecule has 0 aromatic rings. The molecule has 18 nitrogen and oxygen atoms in total. The predicted octanol–water partition coefficient (Wildman–Crippen LogP) is -2.07. The van der Waals surface area contributed by atoms with Crippen LogP contribution in [0.3, 0.4) is 0 Å². The minimum atomic E-state index is -1.64. The second-order valence-corrected chi connectivity index (χ2v) is 12.8. The second-order valence-electron chi connectivity index (χ2n) is 12.8. The van der Waals surface area contributed by atoms with Crippen molar-refractivity contribution in [2.45, 2.75) is 102 Å². The van der Waals surface area contributed by atoms with Gasteiger partial charge < -0.3 is 51.9 Å². The number of azo groups is 2. The van der Waals surface area contributed by atoms with E-state index in [1.165, 1.54) is 27.7 Å². The number of nitrogens with zero attached hydrogens (tertiary/aromatic N) is 4. The van der Waals surface area contributed by atoms with E-state index in [9.17, 15) is 49.8 Å². The number of aliphatic hydroxyl groups excluding tert-OH is 6. The monoisotopic (exact) mass is 664 g/mol. The Bertz CT molecular complexity index is 956. The molecule has 0 heterocycles. The van der Waals surface area contributed by atoms with Gasteiger partial charge in [0.05, 0.1) is 39.6 Å². The molecule has 268 valence electrons. The smallest absolute Gasteiger partial charge is 0.249 e. The van der Waals surface area contributed by atoms with E-state index in [-0.39, 0.29) is 11.8 Å². The van der Waals surface area contributed by atoms with Crippen LogP contribution in [0.5, 0.6) is 0 Å². The third kappa shape index (κ3) is 13.7. The Morgan fingerprint density at radius 1 is 0.435 bits per heavy atom. The van der Waals surface area contributed by atoms with Crippen LogP contribution in [-0.4, -0.2) is 140 Å². The molecule has 0 aliphatic heterocycles. The van der Waals surface area contributed by atoms with Gasteiger partial charge in [-0.1, -0.05) is 0 Å². The Labute approximate surface area is 270 Å². The zero-order valence-corrected chi connectivity index (χ0v) is 28.8. The molecule has 0 aromatic heterocycles.